The number of nitrogens with zero attached hydrogens (tertiary/aromatic N) is 2. The Hall–Kier alpha value is -2.93. The van der Waals surface area contributed by atoms with Crippen molar-refractivity contribution in [2.75, 3.05) is 32.4 Å². The number of amides is 1. The molecular weight excluding hydrogens is 424 g/mol. The van der Waals surface area contributed by atoms with Crippen LogP contribution in [0, 0.1) is 6.92 Å². The van der Waals surface area contributed by atoms with E-state index in [4.69, 9.17) is 9.47 Å². The van der Waals surface area contributed by atoms with E-state index in [1.54, 1.807) is 6.92 Å². The summed E-state index contributed by atoms with van der Waals surface area (Å²) in [6.07, 6.45) is -0.372. The highest BCUT2D eigenvalue weighted by Crippen LogP contribution is 2.35. The van der Waals surface area contributed by atoms with Crippen molar-refractivity contribution in [1.82, 2.24) is 15.2 Å². The lowest BCUT2D eigenvalue weighted by molar-refractivity contribution is -0.139. The molecule has 0 radical (unpaired) electrons. The maximum absolute atomic E-state index is 12.3. The van der Waals surface area contributed by atoms with Crippen molar-refractivity contribution in [3.05, 3.63) is 21.8 Å². The molecule has 0 aromatic carbocycles. The Balaban J connectivity index is 2.33. The third-order valence-corrected chi connectivity index (χ3v) is 5.45. The largest absolute Gasteiger partial charge is 0.469 e. The van der Waals surface area contributed by atoms with E-state index >= 15 is 0 Å². The predicted octanol–water partition coefficient (Wildman–Crippen LogP) is 1.19. The SMILES string of the molecule is COC(=O)Cc1c(C(=O)OC)sc(NC(=O)CSc2n[nH]c(C)n2)c1C(=O)OC. The van der Waals surface area contributed by atoms with Gasteiger partial charge in [-0.15, -0.1) is 16.4 Å². The molecule has 0 saturated heterocycles. The van der Waals surface area contributed by atoms with E-state index < -0.39 is 23.8 Å². The number of carbonyl (C=O) groups excluding carboxylic acids is 4. The number of H-pyrrole nitrogens is 1. The molecule has 0 bridgehead atoms. The van der Waals surface area contributed by atoms with Crippen molar-refractivity contribution in [3.8, 4) is 0 Å². The van der Waals surface area contributed by atoms with Gasteiger partial charge in [-0.05, 0) is 6.92 Å². The zero-order chi connectivity index (χ0) is 21.6. The van der Waals surface area contributed by atoms with Gasteiger partial charge in [0.15, 0.2) is 0 Å². The summed E-state index contributed by atoms with van der Waals surface area (Å²) in [6, 6.07) is 0. The van der Waals surface area contributed by atoms with Crippen molar-refractivity contribution < 1.29 is 33.4 Å². The molecule has 2 N–H and O–H groups in total. The third kappa shape index (κ3) is 5.54. The van der Waals surface area contributed by atoms with Gasteiger partial charge in [0.25, 0.3) is 0 Å². The van der Waals surface area contributed by atoms with Crippen LogP contribution in [0.25, 0.3) is 0 Å². The molecule has 0 aliphatic heterocycles. The topological polar surface area (TPSA) is 150 Å². The molecule has 0 spiro atoms. The normalized spacial score (nSPS) is 10.3. The molecule has 0 atom stereocenters. The lowest BCUT2D eigenvalue weighted by atomic mass is 10.1. The van der Waals surface area contributed by atoms with Crippen LogP contribution in [0.3, 0.4) is 0 Å². The Morgan fingerprint density at radius 2 is 1.79 bits per heavy atom. The zero-order valence-electron chi connectivity index (χ0n) is 16.0. The van der Waals surface area contributed by atoms with Crippen molar-refractivity contribution in [2.45, 2.75) is 18.5 Å². The van der Waals surface area contributed by atoms with Gasteiger partial charge in [0.05, 0.1) is 39.1 Å². The second-order valence-electron chi connectivity index (χ2n) is 5.39. The summed E-state index contributed by atoms with van der Waals surface area (Å²) in [5.74, 6) is -2.16. The number of anilines is 1. The van der Waals surface area contributed by atoms with Gasteiger partial charge < -0.3 is 19.5 Å². The second-order valence-corrected chi connectivity index (χ2v) is 7.35. The Morgan fingerprint density at radius 1 is 1.10 bits per heavy atom. The highest BCUT2D eigenvalue weighted by molar-refractivity contribution is 7.99. The number of rotatable bonds is 8. The van der Waals surface area contributed by atoms with Crippen LogP contribution in [0.1, 0.15) is 31.4 Å². The maximum Gasteiger partial charge on any atom is 0.348 e. The van der Waals surface area contributed by atoms with E-state index in [9.17, 15) is 19.2 Å². The molecular formula is C16H18N4O7S2. The van der Waals surface area contributed by atoms with Crippen LogP contribution in [0.4, 0.5) is 5.00 Å². The predicted molar refractivity (Wildman–Crippen MR) is 103 cm³/mol. The summed E-state index contributed by atoms with van der Waals surface area (Å²) >= 11 is 1.89. The molecule has 2 aromatic heterocycles. The molecule has 0 fully saturated rings. The van der Waals surface area contributed by atoms with Crippen LogP contribution in [0.2, 0.25) is 0 Å². The summed E-state index contributed by atoms with van der Waals surface area (Å²) in [4.78, 5) is 52.6. The van der Waals surface area contributed by atoms with Gasteiger partial charge in [-0.25, -0.2) is 14.6 Å². The number of hydrogen-bond donors (Lipinski definition) is 2. The fourth-order valence-corrected chi connectivity index (χ4v) is 3.98. The minimum Gasteiger partial charge on any atom is -0.469 e. The molecule has 2 aromatic rings. The highest BCUT2D eigenvalue weighted by atomic mass is 32.2. The molecule has 13 heteroatoms. The van der Waals surface area contributed by atoms with E-state index in [-0.39, 0.29) is 33.2 Å². The van der Waals surface area contributed by atoms with Gasteiger partial charge >= 0.3 is 17.9 Å². The van der Waals surface area contributed by atoms with Crippen molar-refractivity contribution in [1.29, 1.82) is 0 Å². The van der Waals surface area contributed by atoms with Crippen LogP contribution < -0.4 is 5.32 Å². The number of esters is 3. The summed E-state index contributed by atoms with van der Waals surface area (Å²) in [5.41, 5.74) is -0.0384. The molecule has 156 valence electrons. The minimum absolute atomic E-state index is 0.00848. The number of ether oxygens (including phenoxy) is 3. The maximum atomic E-state index is 12.3. The zero-order valence-corrected chi connectivity index (χ0v) is 17.6. The van der Waals surface area contributed by atoms with E-state index in [0.717, 1.165) is 37.3 Å². The number of nitrogens with one attached hydrogen (secondary N) is 2. The monoisotopic (exact) mass is 442 g/mol. The third-order valence-electron chi connectivity index (χ3n) is 3.48. The summed E-state index contributed by atoms with van der Waals surface area (Å²) < 4.78 is 14.1. The number of aromatic nitrogens is 3. The number of thioether (sulfide) groups is 1. The minimum atomic E-state index is -0.817. The number of methoxy groups -OCH3 is 3. The standard InChI is InChI=1S/C16H18N4O7S2/c1-7-17-16(20-19-7)28-6-9(21)18-13-11(14(23)26-3)8(5-10(22)25-2)12(29-13)15(24)27-4/h5-6H2,1-4H3,(H,18,21)(H,17,19,20). The van der Waals surface area contributed by atoms with Crippen molar-refractivity contribution >= 4 is 51.9 Å². The smallest absolute Gasteiger partial charge is 0.348 e. The number of aromatic amines is 1. The van der Waals surface area contributed by atoms with Crippen molar-refractivity contribution in [2.24, 2.45) is 0 Å². The molecule has 2 rings (SSSR count). The highest BCUT2D eigenvalue weighted by Gasteiger charge is 2.30. The molecule has 0 aliphatic carbocycles. The first-order valence-corrected chi connectivity index (χ1v) is 9.81. The quantitative estimate of drug-likeness (QED) is 0.347. The van der Waals surface area contributed by atoms with Gasteiger partial charge in [0.1, 0.15) is 15.7 Å². The van der Waals surface area contributed by atoms with Crippen LogP contribution in [-0.4, -0.2) is 66.1 Å². The van der Waals surface area contributed by atoms with Gasteiger partial charge in [0.2, 0.25) is 11.1 Å². The van der Waals surface area contributed by atoms with Gasteiger partial charge in [0, 0.05) is 5.56 Å². The molecule has 29 heavy (non-hydrogen) atoms. The molecule has 0 unspecified atom stereocenters. The first-order chi connectivity index (χ1) is 13.8. The number of hydrogen-bond acceptors (Lipinski definition) is 11. The molecule has 0 saturated carbocycles. The van der Waals surface area contributed by atoms with E-state index in [0.29, 0.717) is 11.0 Å². The van der Waals surface area contributed by atoms with Crippen LogP contribution in [0.5, 0.6) is 0 Å². The number of thiophene rings is 1. The van der Waals surface area contributed by atoms with Crippen LogP contribution in [-0.2, 0) is 30.2 Å². The van der Waals surface area contributed by atoms with Crippen molar-refractivity contribution in [3.63, 3.8) is 0 Å². The number of carbonyl (C=O) groups is 4. The number of aryl methyl sites for hydroxylation is 1. The van der Waals surface area contributed by atoms with Gasteiger partial charge in [-0.3, -0.25) is 14.7 Å². The van der Waals surface area contributed by atoms with E-state index in [1.165, 1.54) is 7.11 Å². The summed E-state index contributed by atoms with van der Waals surface area (Å²) in [5, 5.41) is 9.59. The van der Waals surface area contributed by atoms with E-state index in [2.05, 4.69) is 25.2 Å². The lowest BCUT2D eigenvalue weighted by Gasteiger charge is -2.07. The Labute approximate surface area is 173 Å². The van der Waals surface area contributed by atoms with Crippen LogP contribution >= 0.6 is 23.1 Å². The summed E-state index contributed by atoms with van der Waals surface area (Å²) in [7, 11) is 3.48. The summed E-state index contributed by atoms with van der Waals surface area (Å²) in [6.45, 7) is 1.72. The van der Waals surface area contributed by atoms with Gasteiger partial charge in [-0.2, -0.15) is 0 Å². The Morgan fingerprint density at radius 3 is 2.34 bits per heavy atom. The average Bonchev–Trinajstić information content (AvgIpc) is 3.28. The molecule has 1 amide bonds. The van der Waals surface area contributed by atoms with E-state index in [1.807, 2.05) is 0 Å². The molecule has 2 heterocycles. The molecule has 0 aliphatic rings. The van der Waals surface area contributed by atoms with Gasteiger partial charge in [-0.1, -0.05) is 11.8 Å². The fraction of sp³-hybridized carbons (Fsp3) is 0.375. The fourth-order valence-electron chi connectivity index (χ4n) is 2.19. The van der Waals surface area contributed by atoms with Crippen LogP contribution in [0.15, 0.2) is 5.16 Å². The first-order valence-electron chi connectivity index (χ1n) is 8.01. The lowest BCUT2D eigenvalue weighted by Crippen LogP contribution is -2.17. The average molecular weight is 442 g/mol. The second kappa shape index (κ2) is 10.0. The first kappa shape index (κ1) is 22.4. The molecule has 11 nitrogen and oxygen atoms in total. The Bertz CT molecular complexity index is 938. The Kier molecular flexibility index (Phi) is 7.73.